The molecule has 0 aromatic carbocycles. The molecule has 0 rings (SSSR count). The minimum atomic E-state index is -0.745. The number of aliphatic hydroxyl groups excluding tert-OH is 6. The van der Waals surface area contributed by atoms with E-state index in [1.165, 1.54) is 87.9 Å². The van der Waals surface area contributed by atoms with Crippen LogP contribution < -0.4 is 34.0 Å². The molecule has 0 aliphatic rings. The largest absolute Gasteiger partial charge is 0.481 e. The Morgan fingerprint density at radius 3 is 0.860 bits per heavy atom. The van der Waals surface area contributed by atoms with E-state index in [-0.39, 0.29) is 33.2 Å². The molecule has 760 valence electrons. The van der Waals surface area contributed by atoms with E-state index in [9.17, 15) is 4.79 Å². The van der Waals surface area contributed by atoms with E-state index < -0.39 is 5.97 Å². The first-order valence-corrected chi connectivity index (χ1v) is 50.6. The van der Waals surface area contributed by atoms with Crippen LogP contribution in [-0.2, 0) is 47.4 Å². The average Bonchev–Trinajstić information content (AvgIpc) is 1.03. The summed E-state index contributed by atoms with van der Waals surface area (Å²) >= 11 is 19.7. The molecule has 0 radical (unpaired) electrons. The Labute approximate surface area is 784 Å². The average molecular weight is 1880 g/mol. The zero-order valence-corrected chi connectivity index (χ0v) is 88.1. The molecule has 0 saturated carbocycles. The number of aliphatic carboxylic acids is 1. The molecule has 1 atom stereocenters. The van der Waals surface area contributed by atoms with Crippen molar-refractivity contribution >= 4 is 80.0 Å². The lowest BCUT2D eigenvalue weighted by Crippen LogP contribution is -2.33. The van der Waals surface area contributed by atoms with E-state index in [1.54, 1.807) is 25.6 Å². The second-order valence-electron chi connectivity index (χ2n) is 26.0. The Morgan fingerprint density at radius 1 is 0.331 bits per heavy atom. The molecule has 32 heteroatoms. The molecule has 18 N–H and O–H groups in total. The van der Waals surface area contributed by atoms with Crippen LogP contribution in [0.5, 0.6) is 0 Å². The Kier molecular flexibility index (Phi) is 280. The van der Waals surface area contributed by atoms with Crippen molar-refractivity contribution in [3.8, 4) is 0 Å². The monoisotopic (exact) mass is 1880 g/mol. The minimum absolute atomic E-state index is 0. The third kappa shape index (κ3) is 340. The molecular weight excluding hydrogens is 1660 g/mol. The summed E-state index contributed by atoms with van der Waals surface area (Å²) in [5, 5.41) is 59.9. The molecule has 0 saturated heterocycles. The molecule has 121 heavy (non-hydrogen) atoms. The number of nitrogens with two attached hydrogens (primary N) is 5. The molecule has 0 aliphatic carbocycles. The molecule has 26 nitrogen and oxygen atoms in total. The number of likely N-dealkylation sites (N-methyl/N-ethyl adjacent to an activating group) is 3. The lowest BCUT2D eigenvalue weighted by molar-refractivity contribution is -0.136. The predicted molar refractivity (Wildman–Crippen MR) is 554 cm³/mol. The molecular formula is C89H221N9O17S6. The van der Waals surface area contributed by atoms with Crippen LogP contribution >= 0.6 is 74.0 Å². The molecule has 1 unspecified atom stereocenters. The molecule has 0 aliphatic heterocycles. The first-order valence-electron chi connectivity index (χ1n) is 45.8. The SMILES string of the molecule is C.CCC(=O)O.CCC(C)O.CCCCCCN.CCCN.CCCNCCCCCN.CCCO.CCCO.CCCOCCN.CCCOCCO.CCCOCCOCCN.CCCOCCOCCO.CCCOCCOCCS.CCCOCCS.CCCS.CCCSCCO.CCCSCCS.CN(C)CCN(C)CCN(C)C. The second-order valence-corrected chi connectivity index (χ2v) is 30.2. The van der Waals surface area contributed by atoms with Crippen LogP contribution in [0.4, 0.5) is 0 Å². The number of thiol groups is 4. The fourth-order valence-corrected chi connectivity index (χ4v) is 7.37. The van der Waals surface area contributed by atoms with Crippen LogP contribution in [-0.4, -0.2) is 368 Å². The second kappa shape index (κ2) is 206. The first-order chi connectivity index (χ1) is 57.9. The van der Waals surface area contributed by atoms with Crippen molar-refractivity contribution < 1.29 is 83.2 Å². The smallest absolute Gasteiger partial charge is 0.303 e. The van der Waals surface area contributed by atoms with E-state index in [0.29, 0.717) is 99.0 Å². The Morgan fingerprint density at radius 2 is 0.628 bits per heavy atom. The summed E-state index contributed by atoms with van der Waals surface area (Å²) in [6.07, 6.45) is 24.0. The van der Waals surface area contributed by atoms with Crippen LogP contribution in [0.15, 0.2) is 0 Å². The highest BCUT2D eigenvalue weighted by Gasteiger charge is 2.00. The van der Waals surface area contributed by atoms with Crippen molar-refractivity contribution in [1.29, 1.82) is 0 Å². The highest BCUT2D eigenvalue weighted by molar-refractivity contribution is 8.00. The van der Waals surface area contributed by atoms with Crippen molar-refractivity contribution in [3.63, 3.8) is 0 Å². The highest BCUT2D eigenvalue weighted by Crippen LogP contribution is 2.01. The third-order valence-corrected chi connectivity index (χ3v) is 15.8. The number of thioether (sulfide) groups is 2. The number of nitrogens with zero attached hydrogens (tertiary/aromatic N) is 3. The maximum absolute atomic E-state index is 9.37. The number of rotatable bonds is 64. The minimum Gasteiger partial charge on any atom is -0.481 e. The van der Waals surface area contributed by atoms with Gasteiger partial charge in [0.25, 0.3) is 0 Å². The van der Waals surface area contributed by atoms with Gasteiger partial charge in [-0.15, -0.1) is 0 Å². The molecule has 0 spiro atoms. The summed E-state index contributed by atoms with van der Waals surface area (Å²) in [6.45, 7) is 59.0. The van der Waals surface area contributed by atoms with Crippen LogP contribution in [0.25, 0.3) is 0 Å². The van der Waals surface area contributed by atoms with Gasteiger partial charge in [-0.05, 0) is 207 Å². The Balaban J connectivity index is -0.0000000587. The van der Waals surface area contributed by atoms with Gasteiger partial charge in [0.15, 0.2) is 0 Å². The van der Waals surface area contributed by atoms with Gasteiger partial charge in [0.05, 0.1) is 105 Å². The number of nitrogens with one attached hydrogen (secondary N) is 1. The third-order valence-electron chi connectivity index (χ3n) is 12.1. The summed E-state index contributed by atoms with van der Waals surface area (Å²) < 4.78 is 45.6. The molecule has 0 aromatic rings. The standard InChI is InChI=1S/C9H23N3.C8H20N2.C7H17NO2.C7H16O3.C7H16O2S.C6H15N.C5H13NO.C5H12O2.2C5H12OS.C5H12S2.C4H10O.C3H9N.C3H6O2.2C3H8O.C3H8S.CH4/c1-10(2)6-8-12(5)9-7-11(3)4;1-2-7-10-8-5-3-4-6-9;2*1-2-4-9-6-7-10-5-3-8;1-2-3-8-4-5-9-6-7-10;1-2-3-4-5-6-7;3*1-2-4-7-5-3-6;1-2-3-6-4-5-7;1-2-4-7-5-3-6;1-3-4(2)5;1-2-3-4;1-2-3(4)5;3*1-2-3-4;/h6-9H2,1-5H3;10H,2-9H2,1H3;2-8H2,1H3;8H,2-7H2,1H3;10H,2-7H2,1H3;2-7H2,1H3;2-6H2,1H3;2*6H,2-5H2,1H3;7H,2-5H2,1H3;6H,2-5H2,1H3;4-5H,3H2,1-2H3;2-4H2,1H3;2H2,1H3,(H,4,5);3*4H,2-3H2,1H3;1H4. The van der Waals surface area contributed by atoms with Crippen LogP contribution in [0.2, 0.25) is 0 Å². The van der Waals surface area contributed by atoms with E-state index in [4.69, 9.17) is 107 Å². The zero-order chi connectivity index (χ0) is 95.6. The number of aliphatic hydroxyl groups is 6. The summed E-state index contributed by atoms with van der Waals surface area (Å²) in [6, 6.07) is 0. The van der Waals surface area contributed by atoms with Gasteiger partial charge in [0.2, 0.25) is 0 Å². The van der Waals surface area contributed by atoms with Crippen molar-refractivity contribution in [2.45, 2.75) is 272 Å². The fourth-order valence-electron chi connectivity index (χ4n) is 5.48. The summed E-state index contributed by atoms with van der Waals surface area (Å²) in [5.74, 6) is 7.48. The lowest BCUT2D eigenvalue weighted by atomic mass is 10.2. The highest BCUT2D eigenvalue weighted by atomic mass is 32.2. The van der Waals surface area contributed by atoms with Gasteiger partial charge in [-0.25, -0.2) is 0 Å². The number of ether oxygens (including phenoxy) is 9. The summed E-state index contributed by atoms with van der Waals surface area (Å²) in [4.78, 5) is 16.2. The van der Waals surface area contributed by atoms with Crippen molar-refractivity contribution in [1.82, 2.24) is 20.0 Å². The summed E-state index contributed by atoms with van der Waals surface area (Å²) in [7, 11) is 10.6. The van der Waals surface area contributed by atoms with Gasteiger partial charge >= 0.3 is 5.97 Å². The number of unbranched alkanes of at least 4 members (excludes halogenated alkanes) is 5. The number of carboxylic acid groups (broad SMARTS) is 1. The van der Waals surface area contributed by atoms with E-state index in [0.717, 1.165) is 205 Å². The molecule has 0 fully saturated rings. The summed E-state index contributed by atoms with van der Waals surface area (Å²) in [5.41, 5.74) is 26.0. The van der Waals surface area contributed by atoms with Crippen LogP contribution in [0.3, 0.4) is 0 Å². The quantitative estimate of drug-likeness (QED) is 0.0199. The van der Waals surface area contributed by atoms with Gasteiger partial charge in [0.1, 0.15) is 0 Å². The van der Waals surface area contributed by atoms with Crippen molar-refractivity contribution in [3.05, 3.63) is 0 Å². The van der Waals surface area contributed by atoms with Gasteiger partial charge in [-0.1, -0.05) is 144 Å². The number of hydrogen-bond acceptors (Lipinski definition) is 31. The molecule has 0 bridgehead atoms. The zero-order valence-electron chi connectivity index (χ0n) is 82.9. The number of carbonyl (C=O) groups is 1. The van der Waals surface area contributed by atoms with E-state index in [2.05, 4.69) is 182 Å². The molecule has 0 aromatic heterocycles. The van der Waals surface area contributed by atoms with Crippen LogP contribution in [0, 0.1) is 0 Å². The van der Waals surface area contributed by atoms with Crippen LogP contribution in [0.1, 0.15) is 266 Å². The topological polar surface area (TPSA) is 394 Å². The lowest BCUT2D eigenvalue weighted by Gasteiger charge is -2.20. The number of carboxylic acids is 1. The Hall–Kier alpha value is 0.610. The van der Waals surface area contributed by atoms with Crippen molar-refractivity contribution in [2.75, 3.05) is 305 Å². The van der Waals surface area contributed by atoms with E-state index >= 15 is 0 Å². The molecule has 0 amide bonds. The van der Waals surface area contributed by atoms with Gasteiger partial charge in [0, 0.05) is 122 Å². The Bertz CT molecular complexity index is 1140. The van der Waals surface area contributed by atoms with Gasteiger partial charge < -0.3 is 127 Å². The first kappa shape index (κ1) is 165. The van der Waals surface area contributed by atoms with Crippen molar-refractivity contribution in [2.24, 2.45) is 28.7 Å². The molecule has 0 heterocycles. The van der Waals surface area contributed by atoms with Gasteiger partial charge in [-0.2, -0.15) is 74.0 Å². The maximum atomic E-state index is 9.37. The normalized spacial score (nSPS) is 9.75. The number of hydrogen-bond donors (Lipinski definition) is 17. The van der Waals surface area contributed by atoms with E-state index in [1.807, 2.05) is 39.5 Å². The van der Waals surface area contributed by atoms with Gasteiger partial charge in [-0.3, -0.25) is 4.79 Å². The fraction of sp³-hybridized carbons (Fsp3) is 0.989. The maximum Gasteiger partial charge on any atom is 0.303 e. The predicted octanol–water partition coefficient (Wildman–Crippen LogP) is 14.5.